The molecule has 2 aromatic rings. The topological polar surface area (TPSA) is 88.8 Å². The fraction of sp³-hybridized carbons (Fsp3) is 0.250. The number of carbonyl (C=O) groups is 2. The van der Waals surface area contributed by atoms with Crippen LogP contribution in [0.4, 0.5) is 0 Å². The monoisotopic (exact) mass is 337 g/mol. The van der Waals surface area contributed by atoms with Gasteiger partial charge in [0.15, 0.2) is 0 Å². The third-order valence-electron chi connectivity index (χ3n) is 3.31. The summed E-state index contributed by atoms with van der Waals surface area (Å²) in [7, 11) is 1.52. The van der Waals surface area contributed by atoms with Crippen molar-refractivity contribution in [2.75, 3.05) is 7.11 Å². The van der Waals surface area contributed by atoms with Gasteiger partial charge in [0.2, 0.25) is 0 Å². The van der Waals surface area contributed by atoms with E-state index in [4.69, 9.17) is 25.9 Å². The number of halogens is 1. The zero-order valence-corrected chi connectivity index (χ0v) is 13.4. The van der Waals surface area contributed by atoms with Crippen LogP contribution < -0.4 is 10.1 Å². The zero-order valence-electron chi connectivity index (χ0n) is 12.7. The lowest BCUT2D eigenvalue weighted by atomic mass is 10.1. The lowest BCUT2D eigenvalue weighted by Crippen LogP contribution is -2.25. The van der Waals surface area contributed by atoms with Gasteiger partial charge in [-0.05, 0) is 19.1 Å². The lowest BCUT2D eigenvalue weighted by molar-refractivity contribution is -0.136. The summed E-state index contributed by atoms with van der Waals surface area (Å²) >= 11 is 6.12. The third kappa shape index (κ3) is 3.84. The number of nitrogens with one attached hydrogen (secondary N) is 1. The number of methoxy groups -OCH3 is 1. The molecule has 1 aromatic heterocycles. The predicted octanol–water partition coefficient (Wildman–Crippen LogP) is 2.81. The van der Waals surface area contributed by atoms with E-state index in [0.717, 1.165) is 0 Å². The molecule has 2 N–H and O–H groups in total. The number of hydrogen-bond acceptors (Lipinski definition) is 4. The Hall–Kier alpha value is -2.47. The van der Waals surface area contributed by atoms with Gasteiger partial charge in [0.05, 0.1) is 18.9 Å². The molecule has 2 rings (SSSR count). The Morgan fingerprint density at radius 2 is 2.13 bits per heavy atom. The first-order valence-corrected chi connectivity index (χ1v) is 7.20. The van der Waals surface area contributed by atoms with Gasteiger partial charge in [-0.25, -0.2) is 0 Å². The van der Waals surface area contributed by atoms with Crippen LogP contribution in [0.2, 0.25) is 5.02 Å². The number of carboxylic acids is 1. The molecule has 0 saturated carbocycles. The van der Waals surface area contributed by atoms with Crippen LogP contribution in [0, 0.1) is 6.92 Å². The largest absolute Gasteiger partial charge is 0.496 e. The Morgan fingerprint density at radius 3 is 2.78 bits per heavy atom. The van der Waals surface area contributed by atoms with Crippen molar-refractivity contribution in [1.82, 2.24) is 5.32 Å². The molecule has 0 aliphatic heterocycles. The molecular weight excluding hydrogens is 322 g/mol. The number of rotatable bonds is 6. The van der Waals surface area contributed by atoms with Gasteiger partial charge in [0.25, 0.3) is 5.91 Å². The van der Waals surface area contributed by atoms with Crippen molar-refractivity contribution in [2.24, 2.45) is 0 Å². The van der Waals surface area contributed by atoms with E-state index in [9.17, 15) is 9.59 Å². The summed E-state index contributed by atoms with van der Waals surface area (Å²) in [6.45, 7) is 1.83. The van der Waals surface area contributed by atoms with Crippen molar-refractivity contribution in [3.05, 3.63) is 51.9 Å². The van der Waals surface area contributed by atoms with E-state index in [1.165, 1.54) is 13.4 Å². The molecule has 0 unspecified atom stereocenters. The van der Waals surface area contributed by atoms with Crippen molar-refractivity contribution in [2.45, 2.75) is 19.9 Å². The Labute approximate surface area is 138 Å². The normalized spacial score (nSPS) is 10.4. The molecule has 0 saturated heterocycles. The number of benzene rings is 1. The predicted molar refractivity (Wildman–Crippen MR) is 84.0 cm³/mol. The summed E-state index contributed by atoms with van der Waals surface area (Å²) < 4.78 is 10.4. The highest BCUT2D eigenvalue weighted by atomic mass is 35.5. The van der Waals surface area contributed by atoms with E-state index < -0.39 is 11.9 Å². The fourth-order valence-electron chi connectivity index (χ4n) is 2.23. The van der Waals surface area contributed by atoms with Crippen molar-refractivity contribution in [3.8, 4) is 5.75 Å². The van der Waals surface area contributed by atoms with Gasteiger partial charge >= 0.3 is 5.97 Å². The van der Waals surface area contributed by atoms with E-state index in [1.54, 1.807) is 25.1 Å². The number of amides is 1. The first kappa shape index (κ1) is 16.9. The summed E-state index contributed by atoms with van der Waals surface area (Å²) in [5, 5.41) is 12.1. The standard InChI is InChI=1S/C16H16ClNO5/c1-9-8-23-13(6-14(19)20)15(9)16(21)18-7-10-11(17)4-3-5-12(10)22-2/h3-5,8H,6-7H2,1-2H3,(H,18,21)(H,19,20). The summed E-state index contributed by atoms with van der Waals surface area (Å²) in [5.74, 6) is -0.804. The molecule has 23 heavy (non-hydrogen) atoms. The second-order valence-corrected chi connectivity index (χ2v) is 5.30. The van der Waals surface area contributed by atoms with Crippen LogP contribution in [0.15, 0.2) is 28.9 Å². The lowest BCUT2D eigenvalue weighted by Gasteiger charge is -2.11. The first-order chi connectivity index (χ1) is 10.9. The third-order valence-corrected chi connectivity index (χ3v) is 3.67. The molecule has 1 heterocycles. The highest BCUT2D eigenvalue weighted by Gasteiger charge is 2.21. The molecule has 1 amide bonds. The number of ether oxygens (including phenoxy) is 1. The highest BCUT2D eigenvalue weighted by Crippen LogP contribution is 2.26. The maximum Gasteiger partial charge on any atom is 0.311 e. The molecular formula is C16H16ClNO5. The molecule has 0 bridgehead atoms. The SMILES string of the molecule is COc1cccc(Cl)c1CNC(=O)c1c(C)coc1CC(=O)O. The summed E-state index contributed by atoms with van der Waals surface area (Å²) in [6, 6.07) is 5.19. The average molecular weight is 338 g/mol. The molecule has 0 aliphatic rings. The summed E-state index contributed by atoms with van der Waals surface area (Å²) in [6.07, 6.45) is 1.01. The quantitative estimate of drug-likeness (QED) is 0.846. The second kappa shape index (κ2) is 7.19. The summed E-state index contributed by atoms with van der Waals surface area (Å²) in [4.78, 5) is 23.2. The number of aliphatic carboxylic acids is 1. The maximum absolute atomic E-state index is 12.4. The number of carboxylic acid groups (broad SMARTS) is 1. The summed E-state index contributed by atoms with van der Waals surface area (Å²) in [5.41, 5.74) is 1.45. The number of aryl methyl sites for hydroxylation is 1. The minimum atomic E-state index is -1.07. The van der Waals surface area contributed by atoms with Crippen LogP contribution in [-0.4, -0.2) is 24.1 Å². The molecule has 0 radical (unpaired) electrons. The minimum Gasteiger partial charge on any atom is -0.496 e. The molecule has 7 heteroatoms. The van der Waals surface area contributed by atoms with Crippen molar-refractivity contribution in [3.63, 3.8) is 0 Å². The van der Waals surface area contributed by atoms with Gasteiger partial charge in [0.1, 0.15) is 17.9 Å². The molecule has 1 aromatic carbocycles. The van der Waals surface area contributed by atoms with Crippen LogP contribution in [-0.2, 0) is 17.8 Å². The fourth-order valence-corrected chi connectivity index (χ4v) is 2.46. The van der Waals surface area contributed by atoms with Gasteiger partial charge < -0.3 is 19.6 Å². The number of hydrogen-bond donors (Lipinski definition) is 2. The van der Waals surface area contributed by atoms with Gasteiger partial charge in [-0.3, -0.25) is 9.59 Å². The van der Waals surface area contributed by atoms with Crippen molar-refractivity contribution < 1.29 is 23.8 Å². The van der Waals surface area contributed by atoms with Crippen LogP contribution in [0.25, 0.3) is 0 Å². The number of carbonyl (C=O) groups excluding carboxylic acids is 1. The Balaban J connectivity index is 2.18. The highest BCUT2D eigenvalue weighted by molar-refractivity contribution is 6.31. The minimum absolute atomic E-state index is 0.124. The number of furan rings is 1. The molecule has 6 nitrogen and oxygen atoms in total. The molecule has 0 fully saturated rings. The zero-order chi connectivity index (χ0) is 17.0. The van der Waals surface area contributed by atoms with Crippen LogP contribution in [0.1, 0.15) is 27.2 Å². The molecule has 122 valence electrons. The molecule has 0 aliphatic carbocycles. The Kier molecular flexibility index (Phi) is 5.28. The van der Waals surface area contributed by atoms with E-state index in [0.29, 0.717) is 21.9 Å². The van der Waals surface area contributed by atoms with E-state index >= 15 is 0 Å². The van der Waals surface area contributed by atoms with Crippen LogP contribution in [0.5, 0.6) is 5.75 Å². The Bertz CT molecular complexity index is 738. The van der Waals surface area contributed by atoms with Gasteiger partial charge in [-0.2, -0.15) is 0 Å². The second-order valence-electron chi connectivity index (χ2n) is 4.89. The Morgan fingerprint density at radius 1 is 1.39 bits per heavy atom. The van der Waals surface area contributed by atoms with Crippen molar-refractivity contribution in [1.29, 1.82) is 0 Å². The van der Waals surface area contributed by atoms with E-state index in [-0.39, 0.29) is 24.3 Å². The van der Waals surface area contributed by atoms with Gasteiger partial charge in [-0.15, -0.1) is 0 Å². The van der Waals surface area contributed by atoms with E-state index in [2.05, 4.69) is 5.32 Å². The molecule has 0 atom stereocenters. The maximum atomic E-state index is 12.4. The smallest absolute Gasteiger partial charge is 0.311 e. The van der Waals surface area contributed by atoms with Crippen molar-refractivity contribution >= 4 is 23.5 Å². The van der Waals surface area contributed by atoms with Crippen LogP contribution in [0.3, 0.4) is 0 Å². The van der Waals surface area contributed by atoms with E-state index in [1.807, 2.05) is 0 Å². The van der Waals surface area contributed by atoms with Gasteiger partial charge in [-0.1, -0.05) is 17.7 Å². The average Bonchev–Trinajstić information content (AvgIpc) is 2.85. The van der Waals surface area contributed by atoms with Gasteiger partial charge in [0, 0.05) is 22.7 Å². The first-order valence-electron chi connectivity index (χ1n) is 6.82. The molecule has 0 spiro atoms. The van der Waals surface area contributed by atoms with Crippen LogP contribution >= 0.6 is 11.6 Å².